The van der Waals surface area contributed by atoms with Gasteiger partial charge < -0.3 is 5.32 Å². The van der Waals surface area contributed by atoms with E-state index in [0.29, 0.717) is 11.4 Å². The minimum absolute atomic E-state index is 0.0111. The van der Waals surface area contributed by atoms with Crippen LogP contribution in [0.2, 0.25) is 5.02 Å². The van der Waals surface area contributed by atoms with Gasteiger partial charge in [0, 0.05) is 15.2 Å². The molecule has 1 aliphatic rings. The van der Waals surface area contributed by atoms with Crippen molar-refractivity contribution >= 4 is 50.7 Å². The monoisotopic (exact) mass is 383 g/mol. The molecule has 0 saturated carbocycles. The van der Waals surface area contributed by atoms with Crippen LogP contribution in [0.5, 0.6) is 0 Å². The molecule has 0 fully saturated rings. The Kier molecular flexibility index (Phi) is 4.00. The number of benzene rings is 2. The molecule has 0 aromatic heterocycles. The lowest BCUT2D eigenvalue weighted by Gasteiger charge is -2.16. The molecule has 0 radical (unpaired) electrons. The average molecular weight is 385 g/mol. The van der Waals surface area contributed by atoms with Gasteiger partial charge in [0.05, 0.1) is 11.8 Å². The molecule has 0 bridgehead atoms. The first-order chi connectivity index (χ1) is 9.97. The summed E-state index contributed by atoms with van der Waals surface area (Å²) in [7, 11) is 0. The van der Waals surface area contributed by atoms with Gasteiger partial charge in [-0.2, -0.15) is 0 Å². The normalized spacial score (nSPS) is 14.8. The van der Waals surface area contributed by atoms with Gasteiger partial charge in [-0.05, 0) is 47.4 Å². The number of alkyl halides is 1. The van der Waals surface area contributed by atoms with E-state index in [1.807, 2.05) is 31.2 Å². The fraction of sp³-hybridized carbons (Fsp3) is 0.188. The summed E-state index contributed by atoms with van der Waals surface area (Å²) in [6.07, 6.45) is 0.376. The molecule has 2 nitrogen and oxygen atoms in total. The van der Waals surface area contributed by atoms with Crippen LogP contribution in [0.3, 0.4) is 0 Å². The lowest BCUT2D eigenvalue weighted by atomic mass is 9.98. The Balaban J connectivity index is 2.06. The van der Waals surface area contributed by atoms with Crippen molar-refractivity contribution in [2.45, 2.75) is 18.7 Å². The molecule has 5 heteroatoms. The standard InChI is InChI=1S/C16H12BrCl2NO/c1-8-10(3-2-4-12(8)17)16(19)11-5-9-6-15(21)20-14(9)7-13(11)18/h2-5,7,16H,6H2,1H3,(H,20,21). The highest BCUT2D eigenvalue weighted by Crippen LogP contribution is 2.40. The van der Waals surface area contributed by atoms with Crippen molar-refractivity contribution in [1.82, 2.24) is 0 Å². The fourth-order valence-electron chi connectivity index (χ4n) is 2.53. The molecule has 0 saturated heterocycles. The second-order valence-corrected chi connectivity index (χ2v) is 6.77. The molecule has 21 heavy (non-hydrogen) atoms. The number of anilines is 1. The Hall–Kier alpha value is -1.03. The van der Waals surface area contributed by atoms with Gasteiger partial charge in [0.25, 0.3) is 0 Å². The summed E-state index contributed by atoms with van der Waals surface area (Å²) in [6, 6.07) is 9.63. The van der Waals surface area contributed by atoms with E-state index in [1.165, 1.54) is 0 Å². The Labute approximate surface area is 141 Å². The van der Waals surface area contributed by atoms with Crippen LogP contribution < -0.4 is 5.32 Å². The number of fused-ring (bicyclic) bond motifs is 1. The number of rotatable bonds is 2. The maximum atomic E-state index is 11.5. The van der Waals surface area contributed by atoms with E-state index in [-0.39, 0.29) is 11.3 Å². The third-order valence-electron chi connectivity index (χ3n) is 3.70. The van der Waals surface area contributed by atoms with Gasteiger partial charge in [-0.1, -0.05) is 39.7 Å². The van der Waals surface area contributed by atoms with Crippen LogP contribution in [0.25, 0.3) is 0 Å². The molecule has 1 N–H and O–H groups in total. The molecule has 3 rings (SSSR count). The topological polar surface area (TPSA) is 29.1 Å². The molecule has 1 aliphatic heterocycles. The van der Waals surface area contributed by atoms with Gasteiger partial charge >= 0.3 is 0 Å². The molecular weight excluding hydrogens is 373 g/mol. The number of carbonyl (C=O) groups excluding carboxylic acids is 1. The zero-order valence-electron chi connectivity index (χ0n) is 11.2. The highest BCUT2D eigenvalue weighted by Gasteiger charge is 2.23. The molecular formula is C16H12BrCl2NO. The van der Waals surface area contributed by atoms with Gasteiger partial charge in [-0.15, -0.1) is 11.6 Å². The van der Waals surface area contributed by atoms with E-state index in [9.17, 15) is 4.79 Å². The lowest BCUT2D eigenvalue weighted by Crippen LogP contribution is -2.03. The van der Waals surface area contributed by atoms with Crippen molar-refractivity contribution in [3.8, 4) is 0 Å². The number of nitrogens with one attached hydrogen (secondary N) is 1. The molecule has 108 valence electrons. The minimum Gasteiger partial charge on any atom is -0.325 e. The number of halogens is 3. The van der Waals surface area contributed by atoms with Crippen molar-refractivity contribution in [3.63, 3.8) is 0 Å². The highest BCUT2D eigenvalue weighted by molar-refractivity contribution is 9.10. The second-order valence-electron chi connectivity index (χ2n) is 5.07. The summed E-state index contributed by atoms with van der Waals surface area (Å²) >= 11 is 16.5. The summed E-state index contributed by atoms with van der Waals surface area (Å²) in [4.78, 5) is 11.5. The van der Waals surface area contributed by atoms with Crippen LogP contribution in [0, 0.1) is 6.92 Å². The highest BCUT2D eigenvalue weighted by atomic mass is 79.9. The molecule has 1 unspecified atom stereocenters. The molecule has 2 aromatic carbocycles. The maximum Gasteiger partial charge on any atom is 0.228 e. The van der Waals surface area contributed by atoms with Gasteiger partial charge in [-0.3, -0.25) is 4.79 Å². The molecule has 1 amide bonds. The quantitative estimate of drug-likeness (QED) is 0.705. The van der Waals surface area contributed by atoms with Crippen LogP contribution in [-0.4, -0.2) is 5.91 Å². The number of hydrogen-bond donors (Lipinski definition) is 1. The van der Waals surface area contributed by atoms with E-state index < -0.39 is 0 Å². The summed E-state index contributed by atoms with van der Waals surface area (Å²) in [6.45, 7) is 2.02. The number of hydrogen-bond acceptors (Lipinski definition) is 1. The second kappa shape index (κ2) is 5.64. The number of carbonyl (C=O) groups is 1. The van der Waals surface area contributed by atoms with Crippen LogP contribution in [0.15, 0.2) is 34.8 Å². The fourth-order valence-corrected chi connectivity index (χ4v) is 3.65. The van der Waals surface area contributed by atoms with Crippen molar-refractivity contribution in [2.24, 2.45) is 0 Å². The zero-order valence-corrected chi connectivity index (χ0v) is 14.3. The summed E-state index contributed by atoms with van der Waals surface area (Å²) in [5.74, 6) is -0.0111. The van der Waals surface area contributed by atoms with Crippen LogP contribution in [-0.2, 0) is 11.2 Å². The molecule has 0 aliphatic carbocycles. The van der Waals surface area contributed by atoms with Crippen LogP contribution >= 0.6 is 39.1 Å². The summed E-state index contributed by atoms with van der Waals surface area (Å²) in [5, 5.41) is 3.00. The molecule has 1 atom stereocenters. The Morgan fingerprint density at radius 1 is 1.29 bits per heavy atom. The zero-order chi connectivity index (χ0) is 15.1. The molecule has 0 spiro atoms. The first-order valence-corrected chi connectivity index (χ1v) is 8.09. The predicted octanol–water partition coefficient (Wildman–Crippen LogP) is 5.23. The molecule has 2 aromatic rings. The van der Waals surface area contributed by atoms with Crippen molar-refractivity contribution in [2.75, 3.05) is 5.32 Å². The minimum atomic E-state index is -0.351. The summed E-state index contributed by atoms with van der Waals surface area (Å²) < 4.78 is 1.01. The van der Waals surface area contributed by atoms with Crippen molar-refractivity contribution < 1.29 is 4.79 Å². The predicted molar refractivity (Wildman–Crippen MR) is 90.4 cm³/mol. The SMILES string of the molecule is Cc1c(Br)cccc1C(Cl)c1cc2c(cc1Cl)NC(=O)C2. The lowest BCUT2D eigenvalue weighted by molar-refractivity contribution is -0.115. The Morgan fingerprint density at radius 3 is 2.81 bits per heavy atom. The Bertz CT molecular complexity index is 745. The third kappa shape index (κ3) is 2.70. The van der Waals surface area contributed by atoms with E-state index in [0.717, 1.165) is 32.4 Å². The van der Waals surface area contributed by atoms with Crippen molar-refractivity contribution in [1.29, 1.82) is 0 Å². The molecule has 1 heterocycles. The largest absolute Gasteiger partial charge is 0.325 e. The Morgan fingerprint density at radius 2 is 2.05 bits per heavy atom. The van der Waals surface area contributed by atoms with E-state index in [1.54, 1.807) is 6.07 Å². The van der Waals surface area contributed by atoms with Gasteiger partial charge in [0.2, 0.25) is 5.91 Å². The van der Waals surface area contributed by atoms with E-state index in [2.05, 4.69) is 21.2 Å². The van der Waals surface area contributed by atoms with Crippen LogP contribution in [0.4, 0.5) is 5.69 Å². The van der Waals surface area contributed by atoms with Gasteiger partial charge in [0.1, 0.15) is 0 Å². The van der Waals surface area contributed by atoms with E-state index >= 15 is 0 Å². The average Bonchev–Trinajstić information content (AvgIpc) is 2.79. The van der Waals surface area contributed by atoms with E-state index in [4.69, 9.17) is 23.2 Å². The first kappa shape index (κ1) is 14.9. The smallest absolute Gasteiger partial charge is 0.228 e. The first-order valence-electron chi connectivity index (χ1n) is 6.48. The van der Waals surface area contributed by atoms with Crippen LogP contribution in [0.1, 0.15) is 27.6 Å². The maximum absolute atomic E-state index is 11.5. The number of amides is 1. The van der Waals surface area contributed by atoms with Gasteiger partial charge in [-0.25, -0.2) is 0 Å². The van der Waals surface area contributed by atoms with Crippen molar-refractivity contribution in [3.05, 3.63) is 62.1 Å². The summed E-state index contributed by atoms with van der Waals surface area (Å²) in [5.41, 5.74) is 4.64. The third-order valence-corrected chi connectivity index (χ3v) is 5.36. The van der Waals surface area contributed by atoms with Gasteiger partial charge in [0.15, 0.2) is 0 Å².